The maximum Gasteiger partial charge on any atom is 0.332 e. The minimum atomic E-state index is -3.24. The van der Waals surface area contributed by atoms with Gasteiger partial charge < -0.3 is 9.15 Å². The first-order valence-corrected chi connectivity index (χ1v) is 13.2. The molecule has 10 heteroatoms. The summed E-state index contributed by atoms with van der Waals surface area (Å²) >= 11 is 0. The zero-order chi connectivity index (χ0) is 25.4. The molecule has 0 unspecified atom stereocenters. The highest BCUT2D eigenvalue weighted by atomic mass is 32.2. The van der Waals surface area contributed by atoms with Gasteiger partial charge in [-0.25, -0.2) is 13.2 Å². The number of benzene rings is 2. The molecule has 1 N–H and O–H groups in total. The fraction of sp³-hybridized carbons (Fsp3) is 0.192. The molecule has 0 amide bonds. The lowest BCUT2D eigenvalue weighted by Crippen LogP contribution is -2.27. The van der Waals surface area contributed by atoms with Gasteiger partial charge in [0.2, 0.25) is 0 Å². The summed E-state index contributed by atoms with van der Waals surface area (Å²) < 4.78 is 36.1. The van der Waals surface area contributed by atoms with Crippen LogP contribution in [0.15, 0.2) is 80.0 Å². The molecule has 2 aromatic carbocycles. The number of aromatic amines is 1. The van der Waals surface area contributed by atoms with Gasteiger partial charge in [0.05, 0.1) is 24.6 Å². The zero-order valence-corrected chi connectivity index (χ0v) is 20.5. The first kappa shape index (κ1) is 23.6. The Morgan fingerprint density at radius 1 is 1.06 bits per heavy atom. The summed E-state index contributed by atoms with van der Waals surface area (Å²) in [5.41, 5.74) is 4.28. The fourth-order valence-electron chi connectivity index (χ4n) is 4.40. The van der Waals surface area contributed by atoms with Gasteiger partial charge in [-0.1, -0.05) is 12.1 Å². The molecule has 2 heterocycles. The van der Waals surface area contributed by atoms with E-state index in [2.05, 4.69) is 9.98 Å². The van der Waals surface area contributed by atoms with E-state index in [0.29, 0.717) is 34.7 Å². The van der Waals surface area contributed by atoms with Crippen molar-refractivity contribution in [2.45, 2.75) is 12.8 Å². The molecule has 0 saturated heterocycles. The molecule has 0 radical (unpaired) electrons. The van der Waals surface area contributed by atoms with Crippen LogP contribution in [0.5, 0.6) is 5.75 Å². The van der Waals surface area contributed by atoms with Crippen molar-refractivity contribution in [3.8, 4) is 33.9 Å². The van der Waals surface area contributed by atoms with E-state index in [-0.39, 0.29) is 5.88 Å². The smallest absolute Gasteiger partial charge is 0.332 e. The summed E-state index contributed by atoms with van der Waals surface area (Å²) in [4.78, 5) is 30.8. The van der Waals surface area contributed by atoms with E-state index in [1.807, 2.05) is 18.2 Å². The average Bonchev–Trinajstić information content (AvgIpc) is 3.51. The van der Waals surface area contributed by atoms with Crippen molar-refractivity contribution in [3.05, 3.63) is 93.0 Å². The van der Waals surface area contributed by atoms with Crippen LogP contribution in [0.2, 0.25) is 0 Å². The number of nitrogens with zero attached hydrogens (tertiary/aromatic N) is 2. The summed E-state index contributed by atoms with van der Waals surface area (Å²) in [6, 6.07) is 14.3. The van der Waals surface area contributed by atoms with Crippen molar-refractivity contribution < 1.29 is 17.6 Å². The molecule has 0 fully saturated rings. The Balaban J connectivity index is 1.73. The van der Waals surface area contributed by atoms with Gasteiger partial charge in [0.15, 0.2) is 9.84 Å². The first-order valence-electron chi connectivity index (χ1n) is 11.2. The predicted octanol–water partition coefficient (Wildman–Crippen LogP) is 3.20. The molecule has 184 valence electrons. The molecule has 0 atom stereocenters. The molecule has 9 nitrogen and oxygen atoms in total. The van der Waals surface area contributed by atoms with Crippen LogP contribution in [0.3, 0.4) is 0 Å². The molecule has 4 aromatic rings. The van der Waals surface area contributed by atoms with Crippen molar-refractivity contribution in [1.82, 2.24) is 9.55 Å². The largest absolute Gasteiger partial charge is 0.495 e. The lowest BCUT2D eigenvalue weighted by atomic mass is 9.96. The minimum absolute atomic E-state index is 0.261. The van der Waals surface area contributed by atoms with Crippen molar-refractivity contribution in [3.63, 3.8) is 0 Å². The third-order valence-electron chi connectivity index (χ3n) is 6.02. The number of rotatable bonds is 6. The number of aryl methyl sites for hydroxylation is 1. The second-order valence-electron chi connectivity index (χ2n) is 8.56. The third kappa shape index (κ3) is 4.55. The molecular weight excluding hydrogens is 482 g/mol. The summed E-state index contributed by atoms with van der Waals surface area (Å²) in [6.07, 6.45) is 5.56. The van der Waals surface area contributed by atoms with Gasteiger partial charge in [-0.2, -0.15) is 0 Å². The maximum absolute atomic E-state index is 12.6. The molecule has 1 aliphatic rings. The Bertz CT molecular complexity index is 1710. The van der Waals surface area contributed by atoms with E-state index < -0.39 is 21.1 Å². The topological polar surface area (TPSA) is 124 Å². The highest BCUT2D eigenvalue weighted by Gasteiger charge is 2.22. The summed E-state index contributed by atoms with van der Waals surface area (Å²) in [6.45, 7) is 0. The molecular formula is C26H23N3O6S. The number of aliphatic imine (C=N–C) groups is 1. The fourth-order valence-corrected chi connectivity index (χ4v) is 4.79. The molecule has 1 aliphatic carbocycles. The number of sulfone groups is 1. The zero-order valence-electron chi connectivity index (χ0n) is 19.6. The third-order valence-corrected chi connectivity index (χ3v) is 6.62. The first-order chi connectivity index (χ1) is 17.2. The van der Waals surface area contributed by atoms with Crippen LogP contribution < -0.4 is 16.0 Å². The Labute approximate surface area is 206 Å². The van der Waals surface area contributed by atoms with E-state index >= 15 is 0 Å². The number of hydrogen-bond acceptors (Lipinski definition) is 7. The number of nitrogens with one attached hydrogen (secondary N) is 1. The van der Waals surface area contributed by atoms with Gasteiger partial charge in [0.1, 0.15) is 17.4 Å². The highest BCUT2D eigenvalue weighted by Crippen LogP contribution is 2.42. The SMILES string of the molecule is COc1c(-c2ccc3c(c2)C(=NCS(C)(=O)=O)CC3)cc(-n2ccc(=O)[nH]c2=O)cc1-c1ccco1. The van der Waals surface area contributed by atoms with E-state index in [0.717, 1.165) is 35.1 Å². The van der Waals surface area contributed by atoms with Crippen molar-refractivity contribution in [2.24, 2.45) is 4.99 Å². The average molecular weight is 506 g/mol. The standard InChI is InChI=1S/C26H23N3O6S/c1-34-25-20(17-6-5-16-7-8-22(19(16)12-17)27-15-36(2,32)33)13-18(14-21(25)23-4-3-11-35-23)29-10-9-24(30)28-26(29)31/h3-6,9-14H,7-8,15H2,1-2H3,(H,28,30,31). The number of methoxy groups -OCH3 is 1. The lowest BCUT2D eigenvalue weighted by molar-refractivity contribution is 0.416. The van der Waals surface area contributed by atoms with Gasteiger partial charge in [-0.05, 0) is 59.9 Å². The van der Waals surface area contributed by atoms with E-state index in [1.54, 1.807) is 37.6 Å². The van der Waals surface area contributed by atoms with Crippen molar-refractivity contribution in [1.29, 1.82) is 0 Å². The molecule has 36 heavy (non-hydrogen) atoms. The molecule has 5 rings (SSSR count). The van der Waals surface area contributed by atoms with Gasteiger partial charge in [0.25, 0.3) is 5.56 Å². The monoisotopic (exact) mass is 505 g/mol. The quantitative estimate of drug-likeness (QED) is 0.429. The Morgan fingerprint density at radius 3 is 2.56 bits per heavy atom. The lowest BCUT2D eigenvalue weighted by Gasteiger charge is -2.17. The van der Waals surface area contributed by atoms with Crippen LogP contribution in [0.25, 0.3) is 28.1 Å². The molecule has 0 saturated carbocycles. The van der Waals surface area contributed by atoms with Gasteiger partial charge in [-0.3, -0.25) is 19.3 Å². The predicted molar refractivity (Wildman–Crippen MR) is 137 cm³/mol. The molecule has 2 aromatic heterocycles. The minimum Gasteiger partial charge on any atom is -0.495 e. The van der Waals surface area contributed by atoms with Crippen LogP contribution in [0.4, 0.5) is 0 Å². The van der Waals surface area contributed by atoms with Crippen LogP contribution in [-0.4, -0.2) is 42.9 Å². The number of fused-ring (bicyclic) bond motifs is 1. The Morgan fingerprint density at radius 2 is 1.86 bits per heavy atom. The number of ether oxygens (including phenoxy) is 1. The van der Waals surface area contributed by atoms with E-state index in [1.165, 1.54) is 16.8 Å². The Kier molecular flexibility index (Phi) is 5.97. The molecule has 0 spiro atoms. The highest BCUT2D eigenvalue weighted by molar-refractivity contribution is 7.90. The van der Waals surface area contributed by atoms with Crippen LogP contribution in [0.1, 0.15) is 17.5 Å². The second kappa shape index (κ2) is 9.12. The summed E-state index contributed by atoms with van der Waals surface area (Å²) in [5, 5.41) is 0. The van der Waals surface area contributed by atoms with Crippen LogP contribution >= 0.6 is 0 Å². The van der Waals surface area contributed by atoms with Crippen LogP contribution in [-0.2, 0) is 16.3 Å². The summed E-state index contributed by atoms with van der Waals surface area (Å²) in [5.74, 6) is 0.825. The summed E-state index contributed by atoms with van der Waals surface area (Å²) in [7, 11) is -1.68. The van der Waals surface area contributed by atoms with E-state index in [9.17, 15) is 18.0 Å². The van der Waals surface area contributed by atoms with Crippen LogP contribution in [0, 0.1) is 0 Å². The van der Waals surface area contributed by atoms with Crippen molar-refractivity contribution >= 4 is 15.5 Å². The van der Waals surface area contributed by atoms with Gasteiger partial charge >= 0.3 is 5.69 Å². The number of hydrogen-bond donors (Lipinski definition) is 1. The maximum atomic E-state index is 12.6. The normalized spacial score (nSPS) is 14.2. The van der Waals surface area contributed by atoms with E-state index in [4.69, 9.17) is 9.15 Å². The molecule has 0 aliphatic heterocycles. The Hall–Kier alpha value is -4.18. The second-order valence-corrected chi connectivity index (χ2v) is 10.7. The number of furan rings is 1. The van der Waals surface area contributed by atoms with Gasteiger partial charge in [-0.15, -0.1) is 0 Å². The number of aromatic nitrogens is 2. The van der Waals surface area contributed by atoms with Gasteiger partial charge in [0, 0.05) is 29.8 Å². The van der Waals surface area contributed by atoms with Crippen molar-refractivity contribution in [2.75, 3.05) is 19.2 Å². The molecule has 0 bridgehead atoms. The number of H-pyrrole nitrogens is 1.